The van der Waals surface area contributed by atoms with Crippen molar-refractivity contribution < 1.29 is 14.9 Å². The summed E-state index contributed by atoms with van der Waals surface area (Å²) < 4.78 is 5.15. The molecule has 0 aromatic heterocycles. The third-order valence-electron chi connectivity index (χ3n) is 1.85. The minimum Gasteiger partial charge on any atom is -0.392 e. The van der Waals surface area contributed by atoms with Crippen molar-refractivity contribution >= 4 is 0 Å². The van der Waals surface area contributed by atoms with Gasteiger partial charge in [-0.25, -0.2) is 0 Å². The summed E-state index contributed by atoms with van der Waals surface area (Å²) in [6.07, 6.45) is -0.749. The first-order chi connectivity index (χ1) is 5.68. The van der Waals surface area contributed by atoms with Crippen LogP contribution in [0.3, 0.4) is 0 Å². The van der Waals surface area contributed by atoms with Crippen molar-refractivity contribution in [1.29, 1.82) is 0 Å². The summed E-state index contributed by atoms with van der Waals surface area (Å²) in [5, 5.41) is 18.4. The van der Waals surface area contributed by atoms with E-state index in [1.165, 1.54) is 0 Å². The maximum atomic E-state index is 9.32. The van der Waals surface area contributed by atoms with Crippen LogP contribution in [0.25, 0.3) is 0 Å². The van der Waals surface area contributed by atoms with Crippen LogP contribution in [-0.2, 0) is 4.74 Å². The summed E-state index contributed by atoms with van der Waals surface area (Å²) in [6.45, 7) is 4.81. The van der Waals surface area contributed by atoms with Crippen LogP contribution in [-0.4, -0.2) is 60.2 Å². The average molecular weight is 175 g/mol. The highest BCUT2D eigenvalue weighted by molar-refractivity contribution is 4.69. The van der Waals surface area contributed by atoms with Gasteiger partial charge in [0.2, 0.25) is 0 Å². The molecule has 4 nitrogen and oxygen atoms in total. The zero-order chi connectivity index (χ0) is 8.97. The van der Waals surface area contributed by atoms with Gasteiger partial charge < -0.3 is 14.9 Å². The summed E-state index contributed by atoms with van der Waals surface area (Å²) in [7, 11) is 0. The van der Waals surface area contributed by atoms with Crippen molar-refractivity contribution in [3.63, 3.8) is 0 Å². The molecule has 1 aliphatic heterocycles. The maximum Gasteiger partial charge on any atom is 0.0900 e. The number of nitrogens with zero attached hydrogens (tertiary/aromatic N) is 1. The number of aliphatic hydroxyl groups excluding tert-OH is 2. The fourth-order valence-electron chi connectivity index (χ4n) is 1.39. The van der Waals surface area contributed by atoms with Gasteiger partial charge in [0, 0.05) is 19.6 Å². The lowest BCUT2D eigenvalue weighted by Crippen LogP contribution is -2.37. The van der Waals surface area contributed by atoms with Gasteiger partial charge in [-0.1, -0.05) is 0 Å². The first-order valence-electron chi connectivity index (χ1n) is 4.34. The van der Waals surface area contributed by atoms with Crippen molar-refractivity contribution in [3.05, 3.63) is 0 Å². The molecule has 4 heteroatoms. The van der Waals surface area contributed by atoms with E-state index in [4.69, 9.17) is 9.84 Å². The minimum atomic E-state index is -0.411. The van der Waals surface area contributed by atoms with E-state index in [9.17, 15) is 5.11 Å². The minimum absolute atomic E-state index is 0.338. The molecule has 0 bridgehead atoms. The van der Waals surface area contributed by atoms with E-state index in [1.807, 2.05) is 4.90 Å². The molecule has 1 rings (SSSR count). The number of hydrogen-bond donors (Lipinski definition) is 2. The summed E-state index contributed by atoms with van der Waals surface area (Å²) in [5.74, 6) is 0. The van der Waals surface area contributed by atoms with E-state index in [0.717, 1.165) is 6.54 Å². The molecule has 1 fully saturated rings. The molecule has 2 N–H and O–H groups in total. The second-order valence-corrected chi connectivity index (χ2v) is 3.34. The molecule has 1 saturated heterocycles. The molecule has 0 aromatic rings. The van der Waals surface area contributed by atoms with Gasteiger partial charge in [-0.05, 0) is 6.92 Å². The fourth-order valence-corrected chi connectivity index (χ4v) is 1.39. The van der Waals surface area contributed by atoms with E-state index in [1.54, 1.807) is 6.92 Å². The standard InChI is InChI=1S/C8H17NO3/c1-7(10)4-9-2-3-12-6-8(11)5-9/h7-8,10-11H,2-6H2,1H3/t7-,8?/m0/s1. The summed E-state index contributed by atoms with van der Waals surface area (Å²) in [5.41, 5.74) is 0. The predicted octanol–water partition coefficient (Wildman–Crippen LogP) is -0.940. The lowest BCUT2D eigenvalue weighted by Gasteiger charge is -2.21. The van der Waals surface area contributed by atoms with Gasteiger partial charge >= 0.3 is 0 Å². The van der Waals surface area contributed by atoms with Crippen LogP contribution >= 0.6 is 0 Å². The molecule has 0 aliphatic carbocycles. The monoisotopic (exact) mass is 175 g/mol. The van der Waals surface area contributed by atoms with Crippen molar-refractivity contribution in [2.45, 2.75) is 19.1 Å². The highest BCUT2D eigenvalue weighted by Crippen LogP contribution is 2.00. The van der Waals surface area contributed by atoms with Gasteiger partial charge in [-0.2, -0.15) is 0 Å². The van der Waals surface area contributed by atoms with E-state index in [0.29, 0.717) is 26.3 Å². The molecule has 1 unspecified atom stereocenters. The van der Waals surface area contributed by atoms with Crippen molar-refractivity contribution in [2.24, 2.45) is 0 Å². The van der Waals surface area contributed by atoms with Crippen LogP contribution in [0, 0.1) is 0 Å². The smallest absolute Gasteiger partial charge is 0.0900 e. The van der Waals surface area contributed by atoms with Gasteiger partial charge in [-0.15, -0.1) is 0 Å². The first-order valence-corrected chi connectivity index (χ1v) is 4.34. The Morgan fingerprint density at radius 1 is 1.67 bits per heavy atom. The predicted molar refractivity (Wildman–Crippen MR) is 44.9 cm³/mol. The normalized spacial score (nSPS) is 29.8. The van der Waals surface area contributed by atoms with Gasteiger partial charge in [0.25, 0.3) is 0 Å². The van der Waals surface area contributed by atoms with Crippen LogP contribution in [0.1, 0.15) is 6.92 Å². The number of ether oxygens (including phenoxy) is 1. The maximum absolute atomic E-state index is 9.32. The van der Waals surface area contributed by atoms with Gasteiger partial charge in [-0.3, -0.25) is 4.90 Å². The molecular weight excluding hydrogens is 158 g/mol. The molecule has 2 atom stereocenters. The molecular formula is C8H17NO3. The van der Waals surface area contributed by atoms with Crippen LogP contribution in [0.15, 0.2) is 0 Å². The molecule has 0 radical (unpaired) electrons. The third kappa shape index (κ3) is 3.49. The Labute approximate surface area is 72.7 Å². The van der Waals surface area contributed by atoms with Crippen molar-refractivity contribution in [1.82, 2.24) is 4.90 Å². The number of aliphatic hydroxyl groups is 2. The lowest BCUT2D eigenvalue weighted by molar-refractivity contribution is 0.0538. The zero-order valence-corrected chi connectivity index (χ0v) is 7.44. The lowest BCUT2D eigenvalue weighted by atomic mass is 10.3. The van der Waals surface area contributed by atoms with E-state index >= 15 is 0 Å². The first kappa shape index (κ1) is 9.92. The quantitative estimate of drug-likeness (QED) is 0.569. The Morgan fingerprint density at radius 2 is 2.42 bits per heavy atom. The Bertz CT molecular complexity index is 129. The van der Waals surface area contributed by atoms with Gasteiger partial charge in [0.15, 0.2) is 0 Å². The van der Waals surface area contributed by atoms with Crippen molar-refractivity contribution in [3.8, 4) is 0 Å². The molecule has 72 valence electrons. The molecule has 0 aromatic carbocycles. The largest absolute Gasteiger partial charge is 0.392 e. The molecule has 12 heavy (non-hydrogen) atoms. The van der Waals surface area contributed by atoms with Crippen LogP contribution in [0.5, 0.6) is 0 Å². The number of rotatable bonds is 2. The second kappa shape index (κ2) is 4.77. The zero-order valence-electron chi connectivity index (χ0n) is 7.44. The highest BCUT2D eigenvalue weighted by Gasteiger charge is 2.16. The number of hydrogen-bond acceptors (Lipinski definition) is 4. The van der Waals surface area contributed by atoms with Crippen molar-refractivity contribution in [2.75, 3.05) is 32.8 Å². The molecule has 1 heterocycles. The topological polar surface area (TPSA) is 52.9 Å². The molecule has 0 amide bonds. The molecule has 1 aliphatic rings. The summed E-state index contributed by atoms with van der Waals surface area (Å²) >= 11 is 0. The molecule has 0 saturated carbocycles. The van der Waals surface area contributed by atoms with E-state index < -0.39 is 6.10 Å². The van der Waals surface area contributed by atoms with Crippen LogP contribution < -0.4 is 0 Å². The van der Waals surface area contributed by atoms with Gasteiger partial charge in [0.05, 0.1) is 25.4 Å². The van der Waals surface area contributed by atoms with E-state index in [2.05, 4.69) is 0 Å². The molecule has 0 spiro atoms. The van der Waals surface area contributed by atoms with Crippen LogP contribution in [0.2, 0.25) is 0 Å². The SMILES string of the molecule is C[C@H](O)CN1CCOCC(O)C1. The van der Waals surface area contributed by atoms with E-state index in [-0.39, 0.29) is 6.10 Å². The average Bonchev–Trinajstić information content (AvgIpc) is 2.12. The summed E-state index contributed by atoms with van der Waals surface area (Å²) in [4.78, 5) is 2.02. The summed E-state index contributed by atoms with van der Waals surface area (Å²) in [6, 6.07) is 0. The fraction of sp³-hybridized carbons (Fsp3) is 1.00. The number of β-amino-alcohol motifs (C(OH)–C–C–N with tert-alkyl or cyclic N) is 2. The second-order valence-electron chi connectivity index (χ2n) is 3.34. The Balaban J connectivity index is 2.31. The third-order valence-corrected chi connectivity index (χ3v) is 1.85. The van der Waals surface area contributed by atoms with Gasteiger partial charge in [0.1, 0.15) is 0 Å². The Morgan fingerprint density at radius 3 is 3.08 bits per heavy atom. The Hall–Kier alpha value is -0.160. The highest BCUT2D eigenvalue weighted by atomic mass is 16.5. The Kier molecular flexibility index (Phi) is 3.94. The van der Waals surface area contributed by atoms with Crippen LogP contribution in [0.4, 0.5) is 0 Å².